The molecule has 1 saturated carbocycles. The van der Waals surface area contributed by atoms with Gasteiger partial charge in [0.1, 0.15) is 5.75 Å². The number of aromatic nitrogens is 1. The molecule has 1 aromatic heterocycles. The van der Waals surface area contributed by atoms with E-state index in [4.69, 9.17) is 4.74 Å². The third-order valence-corrected chi connectivity index (χ3v) is 10.2. The van der Waals surface area contributed by atoms with Gasteiger partial charge in [-0.25, -0.2) is 10.2 Å². The van der Waals surface area contributed by atoms with Crippen LogP contribution in [0.15, 0.2) is 49.1 Å². The molecule has 7 nitrogen and oxygen atoms in total. The largest absolute Gasteiger partial charge is 0.492 e. The Balaban J connectivity index is 1.64. The van der Waals surface area contributed by atoms with Crippen LogP contribution in [0.3, 0.4) is 0 Å². The van der Waals surface area contributed by atoms with Gasteiger partial charge in [-0.3, -0.25) is 10.2 Å². The van der Waals surface area contributed by atoms with Crippen molar-refractivity contribution in [3.05, 3.63) is 60.2 Å². The van der Waals surface area contributed by atoms with Crippen LogP contribution in [0.5, 0.6) is 5.75 Å². The van der Waals surface area contributed by atoms with Gasteiger partial charge in [-0.15, -0.1) is 6.58 Å². The number of rotatable bonds is 5. The van der Waals surface area contributed by atoms with Gasteiger partial charge in [-0.05, 0) is 87.2 Å². The molecule has 8 heteroatoms. The van der Waals surface area contributed by atoms with E-state index in [1.54, 1.807) is 9.31 Å². The zero-order valence-corrected chi connectivity index (χ0v) is 27.2. The molecule has 1 fully saturated rings. The quantitative estimate of drug-likeness (QED) is 0.230. The molecule has 43 heavy (non-hydrogen) atoms. The summed E-state index contributed by atoms with van der Waals surface area (Å²) in [6.45, 7) is 14.0. The molecule has 2 aliphatic heterocycles. The molecule has 0 radical (unpaired) electrons. The van der Waals surface area contributed by atoms with E-state index in [9.17, 15) is 4.79 Å². The fourth-order valence-corrected chi connectivity index (χ4v) is 8.16. The summed E-state index contributed by atoms with van der Waals surface area (Å²) in [6, 6.07) is 13.3. The number of hydrogen-bond acceptors (Lipinski definition) is 5. The highest BCUT2D eigenvalue weighted by Crippen LogP contribution is 2.48. The van der Waals surface area contributed by atoms with Crippen molar-refractivity contribution in [2.45, 2.75) is 90.4 Å². The number of hydrazine groups is 1. The van der Waals surface area contributed by atoms with Crippen molar-refractivity contribution < 1.29 is 9.53 Å². The van der Waals surface area contributed by atoms with E-state index >= 15 is 0 Å². The van der Waals surface area contributed by atoms with E-state index in [0.29, 0.717) is 12.5 Å². The van der Waals surface area contributed by atoms with Crippen molar-refractivity contribution >= 4 is 34.6 Å². The molecule has 0 spiro atoms. The van der Waals surface area contributed by atoms with Crippen molar-refractivity contribution in [2.75, 3.05) is 24.3 Å². The first-order valence-electron chi connectivity index (χ1n) is 16.0. The van der Waals surface area contributed by atoms with Crippen LogP contribution in [0.4, 0.5) is 10.5 Å². The lowest BCUT2D eigenvalue weighted by atomic mass is 9.81. The monoisotopic (exact) mass is 601 g/mol. The van der Waals surface area contributed by atoms with E-state index in [1.165, 1.54) is 77.3 Å². The molecule has 1 unspecified atom stereocenters. The second-order valence-corrected chi connectivity index (χ2v) is 14.2. The average Bonchev–Trinajstić information content (AvgIpc) is 3.29. The van der Waals surface area contributed by atoms with Gasteiger partial charge in [0.15, 0.2) is 0 Å². The summed E-state index contributed by atoms with van der Waals surface area (Å²) >= 11 is 1.48. The zero-order valence-electron chi connectivity index (χ0n) is 26.4. The number of amides is 2. The van der Waals surface area contributed by atoms with Crippen LogP contribution in [-0.4, -0.2) is 46.1 Å². The fourth-order valence-electron chi connectivity index (χ4n) is 7.38. The predicted octanol–water partition coefficient (Wildman–Crippen LogP) is 7.85. The number of benzene rings is 2. The van der Waals surface area contributed by atoms with Gasteiger partial charge in [-0.1, -0.05) is 50.5 Å². The number of allylic oxidation sites excluding steroid dienone is 1. The summed E-state index contributed by atoms with van der Waals surface area (Å²) < 4.78 is 11.1. The molecule has 2 N–H and O–H groups in total. The minimum absolute atomic E-state index is 0.0950. The Labute approximate surface area is 261 Å². The number of para-hydroxylation sites is 1. The van der Waals surface area contributed by atoms with Crippen LogP contribution < -0.4 is 20.4 Å². The number of nitrogens with one attached hydrogen (secondary N) is 2. The second-order valence-electron chi connectivity index (χ2n) is 13.0. The minimum Gasteiger partial charge on any atom is -0.492 e. The minimum atomic E-state index is -0.541. The van der Waals surface area contributed by atoms with Gasteiger partial charge in [0, 0.05) is 47.9 Å². The number of urea groups is 1. The average molecular weight is 602 g/mol. The Bertz CT molecular complexity index is 1510. The summed E-state index contributed by atoms with van der Waals surface area (Å²) in [6.07, 6.45) is 9.00. The topological polar surface area (TPSA) is 61.8 Å². The number of carbonyl (C=O) groups is 1. The Morgan fingerprint density at radius 3 is 2.70 bits per heavy atom. The first-order valence-corrected chi connectivity index (χ1v) is 16.9. The van der Waals surface area contributed by atoms with Gasteiger partial charge in [-0.2, -0.15) is 4.41 Å². The molecule has 2 atom stereocenters. The van der Waals surface area contributed by atoms with Crippen LogP contribution in [0, 0.1) is 5.92 Å². The highest BCUT2D eigenvalue weighted by Gasteiger charge is 2.36. The standard InChI is InChI=1S/C35H47N5O2S/c1-7-13-25-16-12-17-29-32-31(24-14-10-9-11-15-24)28-19-18-27-20-30(28)39(32)21-26(22-42-33(25)29)23(3)36-35(4,5)37-40(43-8-2)34(41)38(27)6/h7,12,16-20,23-24,26,36-37H,1,8-11,13-15,21-22H2,2-6H3/t23?,26-/m0/s1. The molecule has 230 valence electrons. The summed E-state index contributed by atoms with van der Waals surface area (Å²) in [5, 5.41) is 5.13. The fraction of sp³-hybridized carbons (Fsp3) is 0.514. The number of fused-ring (bicyclic) bond motifs is 4. The zero-order chi connectivity index (χ0) is 30.3. The summed E-state index contributed by atoms with van der Waals surface area (Å²) in [4.78, 5) is 15.7. The predicted molar refractivity (Wildman–Crippen MR) is 180 cm³/mol. The van der Waals surface area contributed by atoms with Crippen LogP contribution in [-0.2, 0) is 13.0 Å². The maximum absolute atomic E-state index is 13.9. The normalized spacial score (nSPS) is 22.8. The Hall–Kier alpha value is -2.94. The van der Waals surface area contributed by atoms with E-state index in [-0.39, 0.29) is 18.0 Å². The lowest BCUT2D eigenvalue weighted by Crippen LogP contribution is -2.63. The lowest BCUT2D eigenvalue weighted by Gasteiger charge is -2.39. The Morgan fingerprint density at radius 1 is 1.16 bits per heavy atom. The third kappa shape index (κ3) is 5.69. The first-order chi connectivity index (χ1) is 20.7. The Morgan fingerprint density at radius 2 is 1.95 bits per heavy atom. The molecule has 3 aliphatic rings. The third-order valence-electron chi connectivity index (χ3n) is 9.46. The van der Waals surface area contributed by atoms with Crippen molar-refractivity contribution in [1.82, 2.24) is 19.7 Å². The van der Waals surface area contributed by atoms with Crippen molar-refractivity contribution in [1.29, 1.82) is 0 Å². The first kappa shape index (κ1) is 30.1. The summed E-state index contributed by atoms with van der Waals surface area (Å²) in [5.41, 5.74) is 10.1. The second kappa shape index (κ2) is 12.2. The molecule has 3 heterocycles. The van der Waals surface area contributed by atoms with Crippen LogP contribution in [0.2, 0.25) is 0 Å². The Kier molecular flexibility index (Phi) is 8.55. The SMILES string of the molecule is C=CCc1cccc2c1OC[C@@H]1Cn3c-2c(C2CCCCC2)c2ccc(cc23)N(C)C(=O)N(SCC)NC(C)(C)NC1C. The molecule has 2 aromatic carbocycles. The smallest absolute Gasteiger partial charge is 0.349 e. The molecular formula is C35H47N5O2S. The van der Waals surface area contributed by atoms with Crippen molar-refractivity contribution in [3.8, 4) is 17.0 Å². The van der Waals surface area contributed by atoms with Crippen LogP contribution in [0.25, 0.3) is 22.2 Å². The molecule has 0 saturated heterocycles. The van der Waals surface area contributed by atoms with E-state index in [2.05, 4.69) is 86.0 Å². The van der Waals surface area contributed by atoms with E-state index in [1.807, 2.05) is 13.1 Å². The summed E-state index contributed by atoms with van der Waals surface area (Å²) in [7, 11) is 1.88. The number of nitrogens with zero attached hydrogens (tertiary/aromatic N) is 3. The molecule has 6 rings (SSSR count). The molecule has 4 bridgehead atoms. The number of anilines is 1. The van der Waals surface area contributed by atoms with Crippen LogP contribution >= 0.6 is 11.9 Å². The van der Waals surface area contributed by atoms with E-state index in [0.717, 1.165) is 30.2 Å². The van der Waals surface area contributed by atoms with Crippen molar-refractivity contribution in [3.63, 3.8) is 0 Å². The molecular weight excluding hydrogens is 554 g/mol. The highest BCUT2D eigenvalue weighted by molar-refractivity contribution is 7.97. The van der Waals surface area contributed by atoms with Crippen molar-refractivity contribution in [2.24, 2.45) is 5.92 Å². The maximum atomic E-state index is 13.9. The number of hydrogen-bond donors (Lipinski definition) is 2. The van der Waals surface area contributed by atoms with Gasteiger partial charge in [0.25, 0.3) is 0 Å². The van der Waals surface area contributed by atoms with Crippen LogP contribution in [0.1, 0.15) is 76.8 Å². The molecule has 3 aromatic rings. The highest BCUT2D eigenvalue weighted by atomic mass is 32.2. The molecule has 1 aliphatic carbocycles. The maximum Gasteiger partial charge on any atom is 0.349 e. The van der Waals surface area contributed by atoms with E-state index < -0.39 is 5.66 Å². The summed E-state index contributed by atoms with van der Waals surface area (Å²) in [5.74, 6) is 2.45. The van der Waals surface area contributed by atoms with Gasteiger partial charge in [0.2, 0.25) is 0 Å². The lowest BCUT2D eigenvalue weighted by molar-refractivity contribution is 0.137. The molecule has 2 amide bonds. The number of ether oxygens (including phenoxy) is 1. The number of carbonyl (C=O) groups excluding carboxylic acids is 1. The van der Waals surface area contributed by atoms with Gasteiger partial charge < -0.3 is 9.30 Å². The van der Waals surface area contributed by atoms with Gasteiger partial charge in [0.05, 0.1) is 23.5 Å². The van der Waals surface area contributed by atoms with Gasteiger partial charge >= 0.3 is 6.03 Å².